The number of piperazine rings is 1. The Kier molecular flexibility index (Phi) is 6.32. The number of nitrogens with one attached hydrogen (secondary N) is 2. The number of imidazole rings is 1. The Morgan fingerprint density at radius 2 is 1.74 bits per heavy atom. The number of aryl methyl sites for hydroxylation is 1. The van der Waals surface area contributed by atoms with Crippen molar-refractivity contribution < 1.29 is 9.59 Å². The second-order valence-corrected chi connectivity index (χ2v) is 10.2. The van der Waals surface area contributed by atoms with Gasteiger partial charge in [0.25, 0.3) is 0 Å². The minimum Gasteiger partial charge on any atom is -0.342 e. The Morgan fingerprint density at radius 1 is 1.06 bits per heavy atom. The van der Waals surface area contributed by atoms with E-state index in [-0.39, 0.29) is 17.7 Å². The van der Waals surface area contributed by atoms with Crippen LogP contribution in [0.25, 0.3) is 0 Å². The van der Waals surface area contributed by atoms with Gasteiger partial charge in [-0.05, 0) is 59.9 Å². The molecule has 0 bridgehead atoms. The van der Waals surface area contributed by atoms with E-state index in [9.17, 15) is 9.59 Å². The SMILES string of the molecule is CC(C)C[C@@H]1C(=O)N[C@H](C2Cc3ccccc3C2)C(=O)N1Cc1ccc(Nc2nccn2C)cc1. The first kappa shape index (κ1) is 23.1. The molecule has 2 heterocycles. The van der Waals surface area contributed by atoms with Crippen LogP contribution >= 0.6 is 0 Å². The lowest BCUT2D eigenvalue weighted by Gasteiger charge is -2.41. The zero-order chi connectivity index (χ0) is 24.5. The molecule has 5 rings (SSSR count). The van der Waals surface area contributed by atoms with Crippen molar-refractivity contribution in [3.8, 4) is 0 Å². The van der Waals surface area contributed by atoms with Crippen LogP contribution in [0.5, 0.6) is 0 Å². The summed E-state index contributed by atoms with van der Waals surface area (Å²) in [6, 6.07) is 15.4. The smallest absolute Gasteiger partial charge is 0.246 e. The lowest BCUT2D eigenvalue weighted by atomic mass is 9.90. The molecule has 0 saturated carbocycles. The molecular weight excluding hydrogens is 438 g/mol. The first-order valence-corrected chi connectivity index (χ1v) is 12.4. The predicted octanol–water partition coefficient (Wildman–Crippen LogP) is 3.82. The molecule has 1 aromatic heterocycles. The lowest BCUT2D eigenvalue weighted by molar-refractivity contribution is -0.152. The normalized spacial score (nSPS) is 20.3. The van der Waals surface area contributed by atoms with Crippen molar-refractivity contribution in [2.45, 2.75) is 51.7 Å². The molecule has 2 aromatic carbocycles. The Labute approximate surface area is 206 Å². The van der Waals surface area contributed by atoms with E-state index in [1.165, 1.54) is 11.1 Å². The maximum absolute atomic E-state index is 13.8. The minimum atomic E-state index is -0.484. The van der Waals surface area contributed by atoms with Crippen molar-refractivity contribution in [3.05, 3.63) is 77.6 Å². The number of rotatable bonds is 7. The van der Waals surface area contributed by atoms with Crippen molar-refractivity contribution >= 4 is 23.5 Å². The molecule has 7 heteroatoms. The molecule has 2 atom stereocenters. The fourth-order valence-corrected chi connectivity index (χ4v) is 5.31. The summed E-state index contributed by atoms with van der Waals surface area (Å²) in [4.78, 5) is 33.2. The van der Waals surface area contributed by atoms with Gasteiger partial charge in [0.1, 0.15) is 12.1 Å². The number of carbonyl (C=O) groups is 2. The summed E-state index contributed by atoms with van der Waals surface area (Å²) in [6.45, 7) is 4.60. The topological polar surface area (TPSA) is 79.3 Å². The van der Waals surface area contributed by atoms with Gasteiger partial charge in [0, 0.05) is 31.7 Å². The van der Waals surface area contributed by atoms with Crippen LogP contribution in [-0.2, 0) is 36.0 Å². The van der Waals surface area contributed by atoms with Gasteiger partial charge in [0.15, 0.2) is 0 Å². The van der Waals surface area contributed by atoms with Crippen LogP contribution in [0.15, 0.2) is 60.9 Å². The third-order valence-electron chi connectivity index (χ3n) is 7.16. The van der Waals surface area contributed by atoms with Crippen molar-refractivity contribution in [1.82, 2.24) is 19.8 Å². The molecule has 7 nitrogen and oxygen atoms in total. The molecule has 1 saturated heterocycles. The highest BCUT2D eigenvalue weighted by Gasteiger charge is 2.45. The van der Waals surface area contributed by atoms with E-state index >= 15 is 0 Å². The Balaban J connectivity index is 1.34. The van der Waals surface area contributed by atoms with E-state index in [4.69, 9.17) is 0 Å². The van der Waals surface area contributed by atoms with E-state index in [0.29, 0.717) is 18.9 Å². The molecule has 2 N–H and O–H groups in total. The number of carbonyl (C=O) groups excluding carboxylic acids is 2. The van der Waals surface area contributed by atoms with Gasteiger partial charge in [-0.1, -0.05) is 50.2 Å². The van der Waals surface area contributed by atoms with Crippen molar-refractivity contribution in [3.63, 3.8) is 0 Å². The standard InChI is InChI=1S/C28H33N5O2/c1-18(2)14-24-26(34)31-25(22-15-20-6-4-5-7-21(20)16-22)27(35)33(24)17-19-8-10-23(11-9-19)30-28-29-12-13-32(28)3/h4-13,18,22,24-25H,14-17H2,1-3H3,(H,29,30)(H,31,34)/t24-,25-/m1/s1. The zero-order valence-corrected chi connectivity index (χ0v) is 20.6. The number of aromatic nitrogens is 2. The monoisotopic (exact) mass is 471 g/mol. The summed E-state index contributed by atoms with van der Waals surface area (Å²) in [6.07, 6.45) is 5.93. The first-order chi connectivity index (χ1) is 16.9. The molecule has 2 aliphatic rings. The van der Waals surface area contributed by atoms with Gasteiger partial charge in [-0.2, -0.15) is 0 Å². The van der Waals surface area contributed by atoms with Crippen molar-refractivity contribution in [2.75, 3.05) is 5.32 Å². The average Bonchev–Trinajstić information content (AvgIpc) is 3.45. The summed E-state index contributed by atoms with van der Waals surface area (Å²) in [5.41, 5.74) is 4.49. The maximum Gasteiger partial charge on any atom is 0.246 e. The van der Waals surface area contributed by atoms with Crippen LogP contribution in [0, 0.1) is 11.8 Å². The fraction of sp³-hybridized carbons (Fsp3) is 0.393. The predicted molar refractivity (Wildman–Crippen MR) is 136 cm³/mol. The summed E-state index contributed by atoms with van der Waals surface area (Å²) in [5.74, 6) is 1.15. The quantitative estimate of drug-likeness (QED) is 0.549. The van der Waals surface area contributed by atoms with E-state index < -0.39 is 12.1 Å². The number of fused-ring (bicyclic) bond motifs is 1. The molecule has 0 unspecified atom stereocenters. The first-order valence-electron chi connectivity index (χ1n) is 12.4. The third-order valence-corrected chi connectivity index (χ3v) is 7.16. The molecule has 1 fully saturated rings. The molecule has 1 aliphatic carbocycles. The maximum atomic E-state index is 13.8. The number of hydrogen-bond donors (Lipinski definition) is 2. The van der Waals surface area contributed by atoms with E-state index in [1.54, 1.807) is 6.20 Å². The highest BCUT2D eigenvalue weighted by Crippen LogP contribution is 2.32. The Bertz CT molecular complexity index is 1190. The fourth-order valence-electron chi connectivity index (χ4n) is 5.31. The van der Waals surface area contributed by atoms with Gasteiger partial charge in [-0.15, -0.1) is 0 Å². The van der Waals surface area contributed by atoms with Crippen molar-refractivity contribution in [2.24, 2.45) is 18.9 Å². The summed E-state index contributed by atoms with van der Waals surface area (Å²) in [7, 11) is 1.94. The van der Waals surface area contributed by atoms with Gasteiger partial charge < -0.3 is 20.1 Å². The number of benzene rings is 2. The molecule has 1 aliphatic heterocycles. The van der Waals surface area contributed by atoms with Gasteiger partial charge >= 0.3 is 0 Å². The summed E-state index contributed by atoms with van der Waals surface area (Å²) in [5, 5.41) is 6.40. The van der Waals surface area contributed by atoms with E-state index in [1.807, 2.05) is 59.1 Å². The van der Waals surface area contributed by atoms with Crippen LogP contribution in [0.2, 0.25) is 0 Å². The van der Waals surface area contributed by atoms with Gasteiger partial charge in [0.2, 0.25) is 17.8 Å². The second-order valence-electron chi connectivity index (χ2n) is 10.2. The summed E-state index contributed by atoms with van der Waals surface area (Å²) < 4.78 is 1.91. The highest BCUT2D eigenvalue weighted by atomic mass is 16.2. The van der Waals surface area contributed by atoms with Crippen LogP contribution in [0.3, 0.4) is 0 Å². The molecule has 0 radical (unpaired) electrons. The Hall–Kier alpha value is -3.61. The van der Waals surface area contributed by atoms with Gasteiger partial charge in [-0.25, -0.2) is 4.98 Å². The van der Waals surface area contributed by atoms with Crippen LogP contribution in [0.1, 0.15) is 37.0 Å². The summed E-state index contributed by atoms with van der Waals surface area (Å²) >= 11 is 0. The van der Waals surface area contributed by atoms with Gasteiger partial charge in [0.05, 0.1) is 0 Å². The molecule has 0 spiro atoms. The van der Waals surface area contributed by atoms with Gasteiger partial charge in [-0.3, -0.25) is 9.59 Å². The van der Waals surface area contributed by atoms with E-state index in [0.717, 1.165) is 30.0 Å². The lowest BCUT2D eigenvalue weighted by Crippen LogP contribution is -2.65. The second kappa shape index (κ2) is 9.56. The van der Waals surface area contributed by atoms with Crippen LogP contribution < -0.4 is 10.6 Å². The largest absolute Gasteiger partial charge is 0.342 e. The van der Waals surface area contributed by atoms with Crippen LogP contribution in [-0.4, -0.2) is 38.3 Å². The minimum absolute atomic E-state index is 0.0308. The Morgan fingerprint density at radius 3 is 2.34 bits per heavy atom. The molecule has 182 valence electrons. The number of amides is 2. The molecule has 3 aromatic rings. The molecular formula is C28H33N5O2. The third kappa shape index (κ3) is 4.81. The van der Waals surface area contributed by atoms with Crippen LogP contribution in [0.4, 0.5) is 11.6 Å². The molecule has 2 amide bonds. The average molecular weight is 472 g/mol. The zero-order valence-electron chi connectivity index (χ0n) is 20.6. The number of nitrogens with zero attached hydrogens (tertiary/aromatic N) is 3. The number of anilines is 2. The number of hydrogen-bond acceptors (Lipinski definition) is 4. The van der Waals surface area contributed by atoms with E-state index in [2.05, 4.69) is 41.6 Å². The van der Waals surface area contributed by atoms with Crippen molar-refractivity contribution in [1.29, 1.82) is 0 Å². The highest BCUT2D eigenvalue weighted by molar-refractivity contribution is 5.97. The molecule has 35 heavy (non-hydrogen) atoms.